The zero-order valence-electron chi connectivity index (χ0n) is 20.4. The number of aromatic nitrogens is 3. The summed E-state index contributed by atoms with van der Waals surface area (Å²) in [5.41, 5.74) is 0.889. The van der Waals surface area contributed by atoms with Crippen molar-refractivity contribution in [2.24, 2.45) is 0 Å². The SMILES string of the molecule is CC(C)(C)OC(=O)N1Cc2cc(F)ccc2-n2c(nnc2[C@H]2CC[C@H](Oc3ccccc3)CC2)C1. The molecule has 0 atom stereocenters. The molecule has 3 aromatic rings. The maximum atomic E-state index is 14.2. The lowest BCUT2D eigenvalue weighted by molar-refractivity contribution is 0.0214. The van der Waals surface area contributed by atoms with Crippen LogP contribution in [0.3, 0.4) is 0 Å². The molecule has 7 nitrogen and oxygen atoms in total. The van der Waals surface area contributed by atoms with Gasteiger partial charge in [0.2, 0.25) is 0 Å². The fraction of sp³-hybridized carbons (Fsp3) is 0.444. The van der Waals surface area contributed by atoms with Gasteiger partial charge in [-0.25, -0.2) is 9.18 Å². The number of ether oxygens (including phenoxy) is 2. The van der Waals surface area contributed by atoms with Gasteiger partial charge in [0, 0.05) is 5.92 Å². The molecular weight excluding hydrogens is 447 g/mol. The fourth-order valence-corrected chi connectivity index (χ4v) is 4.88. The molecule has 0 saturated heterocycles. The molecule has 1 aliphatic heterocycles. The third-order valence-corrected chi connectivity index (χ3v) is 6.47. The van der Waals surface area contributed by atoms with Crippen LogP contribution in [0, 0.1) is 5.82 Å². The molecule has 1 aromatic heterocycles. The Hall–Kier alpha value is -3.42. The van der Waals surface area contributed by atoms with Gasteiger partial charge in [-0.15, -0.1) is 10.2 Å². The standard InChI is InChI=1S/C27H31FN4O3/c1-27(2,3)35-26(33)31-16-19-15-20(28)11-14-23(19)32-24(17-31)29-30-25(32)18-9-12-22(13-10-18)34-21-7-5-4-6-8-21/h4-8,11,14-15,18,22H,9-10,12-13,16-17H2,1-3H3/t18-,22-. The maximum Gasteiger partial charge on any atom is 0.411 e. The molecule has 1 aliphatic carbocycles. The van der Waals surface area contributed by atoms with Crippen molar-refractivity contribution in [1.82, 2.24) is 19.7 Å². The number of halogens is 1. The number of hydrogen-bond donors (Lipinski definition) is 0. The van der Waals surface area contributed by atoms with Crippen molar-refractivity contribution in [2.45, 2.75) is 77.2 Å². The van der Waals surface area contributed by atoms with Gasteiger partial charge in [0.15, 0.2) is 5.82 Å². The van der Waals surface area contributed by atoms with Crippen LogP contribution in [-0.2, 0) is 17.8 Å². The second-order valence-electron chi connectivity index (χ2n) is 10.3. The Bertz CT molecular complexity index is 1200. The topological polar surface area (TPSA) is 69.5 Å². The highest BCUT2D eigenvalue weighted by atomic mass is 19.1. The van der Waals surface area contributed by atoms with Gasteiger partial charge in [0.05, 0.1) is 24.9 Å². The van der Waals surface area contributed by atoms with E-state index in [1.807, 2.05) is 55.7 Å². The van der Waals surface area contributed by atoms with E-state index in [1.54, 1.807) is 11.0 Å². The summed E-state index contributed by atoms with van der Waals surface area (Å²) in [6.07, 6.45) is 3.39. The van der Waals surface area contributed by atoms with Crippen molar-refractivity contribution >= 4 is 6.09 Å². The van der Waals surface area contributed by atoms with Crippen LogP contribution in [0.25, 0.3) is 5.69 Å². The second-order valence-corrected chi connectivity index (χ2v) is 10.3. The van der Waals surface area contributed by atoms with Crippen molar-refractivity contribution in [3.8, 4) is 11.4 Å². The largest absolute Gasteiger partial charge is 0.490 e. The average Bonchev–Trinajstić information content (AvgIpc) is 3.15. The molecule has 0 unspecified atom stereocenters. The highest BCUT2D eigenvalue weighted by Gasteiger charge is 2.33. The van der Waals surface area contributed by atoms with Crippen LogP contribution in [0.5, 0.6) is 5.75 Å². The Labute approximate surface area is 204 Å². The monoisotopic (exact) mass is 478 g/mol. The Balaban J connectivity index is 1.40. The first-order chi connectivity index (χ1) is 16.8. The van der Waals surface area contributed by atoms with E-state index in [0.717, 1.165) is 42.9 Å². The highest BCUT2D eigenvalue weighted by molar-refractivity contribution is 5.68. The number of amides is 1. The quantitative estimate of drug-likeness (QED) is 0.479. The molecule has 1 saturated carbocycles. The van der Waals surface area contributed by atoms with E-state index < -0.39 is 11.7 Å². The Morgan fingerprint density at radius 3 is 2.46 bits per heavy atom. The number of nitrogens with zero attached hydrogens (tertiary/aromatic N) is 4. The summed E-state index contributed by atoms with van der Waals surface area (Å²) in [5.74, 6) is 2.27. The van der Waals surface area contributed by atoms with Crippen LogP contribution in [0.2, 0.25) is 0 Å². The average molecular weight is 479 g/mol. The van der Waals surface area contributed by atoms with Gasteiger partial charge < -0.3 is 9.47 Å². The summed E-state index contributed by atoms with van der Waals surface area (Å²) >= 11 is 0. The van der Waals surface area contributed by atoms with E-state index in [1.165, 1.54) is 12.1 Å². The van der Waals surface area contributed by atoms with E-state index in [0.29, 0.717) is 11.4 Å². The molecule has 2 aromatic carbocycles. The van der Waals surface area contributed by atoms with Crippen molar-refractivity contribution in [3.05, 3.63) is 71.6 Å². The molecule has 0 spiro atoms. The Morgan fingerprint density at radius 1 is 1.00 bits per heavy atom. The van der Waals surface area contributed by atoms with E-state index in [2.05, 4.69) is 10.2 Å². The van der Waals surface area contributed by atoms with E-state index >= 15 is 0 Å². The first-order valence-corrected chi connectivity index (χ1v) is 12.2. The lowest BCUT2D eigenvalue weighted by Crippen LogP contribution is -2.35. The molecule has 0 N–H and O–H groups in total. The van der Waals surface area contributed by atoms with Gasteiger partial charge in [-0.2, -0.15) is 0 Å². The Kier molecular flexibility index (Phi) is 6.21. The molecule has 35 heavy (non-hydrogen) atoms. The lowest BCUT2D eigenvalue weighted by Gasteiger charge is -2.29. The third kappa shape index (κ3) is 5.16. The molecule has 5 rings (SSSR count). The zero-order chi connectivity index (χ0) is 24.6. The maximum absolute atomic E-state index is 14.2. The summed E-state index contributed by atoms with van der Waals surface area (Å²) in [5, 5.41) is 9.03. The van der Waals surface area contributed by atoms with Crippen LogP contribution in [0.4, 0.5) is 9.18 Å². The van der Waals surface area contributed by atoms with Crippen LogP contribution in [0.15, 0.2) is 48.5 Å². The minimum Gasteiger partial charge on any atom is -0.490 e. The Morgan fingerprint density at radius 2 is 1.74 bits per heavy atom. The predicted octanol–water partition coefficient (Wildman–Crippen LogP) is 5.76. The normalized spacial score (nSPS) is 19.9. The predicted molar refractivity (Wildman–Crippen MR) is 129 cm³/mol. The summed E-state index contributed by atoms with van der Waals surface area (Å²) < 4.78 is 28.0. The van der Waals surface area contributed by atoms with Crippen molar-refractivity contribution < 1.29 is 18.7 Å². The molecule has 1 amide bonds. The smallest absolute Gasteiger partial charge is 0.411 e. The summed E-state index contributed by atoms with van der Waals surface area (Å²) in [4.78, 5) is 14.5. The summed E-state index contributed by atoms with van der Waals surface area (Å²) in [6.45, 7) is 5.96. The minimum absolute atomic E-state index is 0.171. The molecule has 8 heteroatoms. The molecule has 0 bridgehead atoms. The minimum atomic E-state index is -0.632. The van der Waals surface area contributed by atoms with Gasteiger partial charge in [-0.05, 0) is 82.3 Å². The van der Waals surface area contributed by atoms with E-state index in [9.17, 15) is 9.18 Å². The molecule has 2 aliphatic rings. The van der Waals surface area contributed by atoms with Crippen molar-refractivity contribution in [1.29, 1.82) is 0 Å². The van der Waals surface area contributed by atoms with Gasteiger partial charge >= 0.3 is 6.09 Å². The number of rotatable bonds is 3. The second kappa shape index (κ2) is 9.32. The number of carbonyl (C=O) groups excluding carboxylic acids is 1. The number of carbonyl (C=O) groups is 1. The van der Waals surface area contributed by atoms with Crippen LogP contribution >= 0.6 is 0 Å². The summed E-state index contributed by atoms with van der Waals surface area (Å²) in [7, 11) is 0. The molecule has 1 fully saturated rings. The molecule has 2 heterocycles. The van der Waals surface area contributed by atoms with Crippen LogP contribution < -0.4 is 4.74 Å². The first kappa shape index (κ1) is 23.3. The number of fused-ring (bicyclic) bond motifs is 3. The van der Waals surface area contributed by atoms with Gasteiger partial charge in [0.25, 0.3) is 0 Å². The lowest BCUT2D eigenvalue weighted by atomic mass is 9.86. The van der Waals surface area contributed by atoms with Gasteiger partial charge in [-0.3, -0.25) is 9.47 Å². The molecule has 0 radical (unpaired) electrons. The number of benzene rings is 2. The van der Waals surface area contributed by atoms with Crippen LogP contribution in [-0.4, -0.2) is 37.5 Å². The molecular formula is C27H31FN4O3. The zero-order valence-corrected chi connectivity index (χ0v) is 20.4. The third-order valence-electron chi connectivity index (χ3n) is 6.47. The van der Waals surface area contributed by atoms with E-state index in [4.69, 9.17) is 9.47 Å². The van der Waals surface area contributed by atoms with E-state index in [-0.39, 0.29) is 30.9 Å². The van der Waals surface area contributed by atoms with Crippen molar-refractivity contribution in [2.75, 3.05) is 0 Å². The van der Waals surface area contributed by atoms with Crippen molar-refractivity contribution in [3.63, 3.8) is 0 Å². The molecule has 184 valence electrons. The fourth-order valence-electron chi connectivity index (χ4n) is 4.88. The van der Waals surface area contributed by atoms with Gasteiger partial charge in [0.1, 0.15) is 23.0 Å². The van der Waals surface area contributed by atoms with Gasteiger partial charge in [-0.1, -0.05) is 18.2 Å². The first-order valence-electron chi connectivity index (χ1n) is 12.2. The number of hydrogen-bond acceptors (Lipinski definition) is 5. The number of para-hydroxylation sites is 1. The summed E-state index contributed by atoms with van der Waals surface area (Å²) in [6, 6.07) is 14.6. The van der Waals surface area contributed by atoms with Crippen LogP contribution in [0.1, 0.15) is 69.6 Å². The highest BCUT2D eigenvalue weighted by Crippen LogP contribution is 2.37.